The zero-order chi connectivity index (χ0) is 7.28. The highest BCUT2D eigenvalue weighted by molar-refractivity contribution is 6.20. The number of nitrogens with zero attached hydrogens (tertiary/aromatic N) is 1. The van der Waals surface area contributed by atoms with E-state index in [1.165, 1.54) is 7.11 Å². The molecular formula is C4H7ClN2O2. The zero-order valence-electron chi connectivity index (χ0n) is 5.14. The number of amides is 1. The van der Waals surface area contributed by atoms with Crippen LogP contribution >= 0.6 is 11.8 Å². The molecule has 4 nitrogen and oxygen atoms in total. The Hall–Kier alpha value is -0.770. The highest BCUT2D eigenvalue weighted by Gasteiger charge is 1.97. The van der Waals surface area contributed by atoms with Crippen molar-refractivity contribution in [2.75, 3.05) is 7.11 Å². The number of carbonyl (C=O) groups is 1. The molecule has 0 fully saturated rings. The molecule has 1 amide bonds. The van der Waals surface area contributed by atoms with Gasteiger partial charge in [0.1, 0.15) is 5.84 Å². The zero-order valence-corrected chi connectivity index (χ0v) is 5.90. The smallest absolute Gasteiger partial charge is 0.412 e. The summed E-state index contributed by atoms with van der Waals surface area (Å²) in [5, 5.41) is 2.24. The van der Waals surface area contributed by atoms with Crippen molar-refractivity contribution >= 4 is 23.7 Å². The normalized spacial score (nSPS) is 10.8. The largest absolute Gasteiger partial charge is 0.453 e. The molecule has 0 aromatic heterocycles. The van der Waals surface area contributed by atoms with Crippen LogP contribution in [0.3, 0.4) is 0 Å². The van der Waals surface area contributed by atoms with Crippen molar-refractivity contribution in [3.63, 3.8) is 0 Å². The Labute approximate surface area is 58.0 Å². The standard InChI is InChI=1S/C4H7ClN2O2/c1-3(7-5)6-4(8)9-2/h1-2H3,(H,6,7,8). The molecule has 0 unspecified atom stereocenters. The Morgan fingerprint density at radius 3 is 2.67 bits per heavy atom. The third-order valence-corrected chi connectivity index (χ3v) is 0.849. The quantitative estimate of drug-likeness (QED) is 0.412. The summed E-state index contributed by atoms with van der Waals surface area (Å²) in [6.07, 6.45) is -0.572. The Kier molecular flexibility index (Phi) is 3.79. The fourth-order valence-corrected chi connectivity index (χ4v) is 0.262. The first-order valence-corrected chi connectivity index (χ1v) is 2.55. The van der Waals surface area contributed by atoms with Gasteiger partial charge in [-0.2, -0.15) is 4.51 Å². The van der Waals surface area contributed by atoms with Crippen molar-refractivity contribution in [1.82, 2.24) is 5.32 Å². The van der Waals surface area contributed by atoms with Crippen LogP contribution < -0.4 is 5.32 Å². The van der Waals surface area contributed by atoms with Gasteiger partial charge in [-0.1, -0.05) is 0 Å². The molecule has 0 aliphatic heterocycles. The minimum Gasteiger partial charge on any atom is -0.453 e. The van der Waals surface area contributed by atoms with Gasteiger partial charge in [0.25, 0.3) is 0 Å². The summed E-state index contributed by atoms with van der Waals surface area (Å²) in [5.41, 5.74) is 0. The molecule has 0 atom stereocenters. The van der Waals surface area contributed by atoms with E-state index in [4.69, 9.17) is 11.8 Å². The van der Waals surface area contributed by atoms with Crippen molar-refractivity contribution in [2.45, 2.75) is 6.92 Å². The fourth-order valence-electron chi connectivity index (χ4n) is 0.220. The van der Waals surface area contributed by atoms with Crippen LogP contribution in [-0.4, -0.2) is 19.0 Å². The molecule has 1 N–H and O–H groups in total. The molecule has 0 aliphatic carbocycles. The number of amidine groups is 1. The summed E-state index contributed by atoms with van der Waals surface area (Å²) in [5.74, 6) is 0.309. The number of hydrogen-bond donors (Lipinski definition) is 1. The highest BCUT2D eigenvalue weighted by atomic mass is 35.5. The number of rotatable bonds is 0. The van der Waals surface area contributed by atoms with Crippen molar-refractivity contribution in [2.24, 2.45) is 4.51 Å². The fraction of sp³-hybridized carbons (Fsp3) is 0.500. The van der Waals surface area contributed by atoms with E-state index >= 15 is 0 Å². The Bertz CT molecular complexity index is 135. The maximum atomic E-state index is 10.3. The number of hydrogen-bond acceptors (Lipinski definition) is 3. The number of halogens is 1. The van der Waals surface area contributed by atoms with E-state index in [9.17, 15) is 4.79 Å². The summed E-state index contributed by atoms with van der Waals surface area (Å²) in [7, 11) is 1.26. The van der Waals surface area contributed by atoms with Crippen LogP contribution in [0.1, 0.15) is 6.92 Å². The Morgan fingerprint density at radius 2 is 2.33 bits per heavy atom. The van der Waals surface area contributed by atoms with Crippen LogP contribution in [0.4, 0.5) is 4.79 Å². The second-order valence-corrected chi connectivity index (χ2v) is 1.46. The molecule has 0 aromatic carbocycles. The predicted molar refractivity (Wildman–Crippen MR) is 34.5 cm³/mol. The average Bonchev–Trinajstić information content (AvgIpc) is 1.87. The molecule has 0 bridgehead atoms. The Morgan fingerprint density at radius 1 is 1.78 bits per heavy atom. The van der Waals surface area contributed by atoms with E-state index < -0.39 is 6.09 Å². The summed E-state index contributed by atoms with van der Waals surface area (Å²) in [6.45, 7) is 1.55. The summed E-state index contributed by atoms with van der Waals surface area (Å²) < 4.78 is 7.39. The van der Waals surface area contributed by atoms with E-state index in [1.807, 2.05) is 0 Å². The SMILES string of the molecule is COC(=O)NC(C)=NCl. The van der Waals surface area contributed by atoms with Gasteiger partial charge in [-0.25, -0.2) is 4.79 Å². The summed E-state index contributed by atoms with van der Waals surface area (Å²) in [4.78, 5) is 10.3. The maximum Gasteiger partial charge on any atom is 0.412 e. The van der Waals surface area contributed by atoms with Crippen molar-refractivity contribution in [3.05, 3.63) is 0 Å². The number of ether oxygens (including phenoxy) is 1. The van der Waals surface area contributed by atoms with E-state index in [2.05, 4.69) is 14.6 Å². The third kappa shape index (κ3) is 3.78. The van der Waals surface area contributed by atoms with E-state index in [1.54, 1.807) is 6.92 Å². The van der Waals surface area contributed by atoms with Crippen LogP contribution in [-0.2, 0) is 4.74 Å². The van der Waals surface area contributed by atoms with Crippen LogP contribution in [0.25, 0.3) is 0 Å². The lowest BCUT2D eigenvalue weighted by molar-refractivity contribution is 0.177. The number of nitrogens with one attached hydrogen (secondary N) is 1. The lowest BCUT2D eigenvalue weighted by Gasteiger charge is -1.98. The van der Waals surface area contributed by atoms with E-state index in [0.29, 0.717) is 5.84 Å². The van der Waals surface area contributed by atoms with Crippen molar-refractivity contribution < 1.29 is 9.53 Å². The molecule has 9 heavy (non-hydrogen) atoms. The van der Waals surface area contributed by atoms with Gasteiger partial charge in [-0.3, -0.25) is 5.32 Å². The van der Waals surface area contributed by atoms with Gasteiger partial charge in [-0.15, -0.1) is 0 Å². The molecule has 0 spiro atoms. The lowest BCUT2D eigenvalue weighted by atomic mass is 10.7. The molecule has 0 saturated heterocycles. The van der Waals surface area contributed by atoms with Crippen LogP contribution in [0.5, 0.6) is 0 Å². The molecule has 0 radical (unpaired) electrons. The topological polar surface area (TPSA) is 50.7 Å². The molecule has 0 heterocycles. The van der Waals surface area contributed by atoms with Crippen LogP contribution in [0.15, 0.2) is 4.51 Å². The monoisotopic (exact) mass is 150 g/mol. The highest BCUT2D eigenvalue weighted by Crippen LogP contribution is 1.78. The third-order valence-electron chi connectivity index (χ3n) is 0.595. The first-order valence-electron chi connectivity index (χ1n) is 2.21. The minimum atomic E-state index is -0.572. The van der Waals surface area contributed by atoms with Gasteiger partial charge in [0.05, 0.1) is 7.11 Å². The van der Waals surface area contributed by atoms with Gasteiger partial charge in [-0.05, 0) is 6.92 Å². The van der Waals surface area contributed by atoms with Crippen molar-refractivity contribution in [3.8, 4) is 0 Å². The number of carbonyl (C=O) groups excluding carboxylic acids is 1. The second-order valence-electron chi connectivity index (χ2n) is 1.29. The first-order chi connectivity index (χ1) is 4.20. The Balaban J connectivity index is 3.60. The van der Waals surface area contributed by atoms with Crippen molar-refractivity contribution in [1.29, 1.82) is 0 Å². The molecule has 5 heteroatoms. The van der Waals surface area contributed by atoms with E-state index in [-0.39, 0.29) is 0 Å². The average molecular weight is 151 g/mol. The maximum absolute atomic E-state index is 10.3. The molecular weight excluding hydrogens is 144 g/mol. The van der Waals surface area contributed by atoms with Crippen LogP contribution in [0, 0.1) is 0 Å². The first kappa shape index (κ1) is 8.23. The lowest BCUT2D eigenvalue weighted by Crippen LogP contribution is -2.27. The molecule has 0 aromatic rings. The van der Waals surface area contributed by atoms with Crippen LogP contribution in [0.2, 0.25) is 0 Å². The number of methoxy groups -OCH3 is 1. The van der Waals surface area contributed by atoms with Gasteiger partial charge < -0.3 is 4.74 Å². The predicted octanol–water partition coefficient (Wildman–Crippen LogP) is 0.915. The number of alkyl carbamates (subject to hydrolysis) is 1. The summed E-state index contributed by atoms with van der Waals surface area (Å²) in [6, 6.07) is 0. The molecule has 0 aliphatic rings. The molecule has 52 valence electrons. The summed E-state index contributed by atoms with van der Waals surface area (Å²) >= 11 is 4.97. The minimum absolute atomic E-state index is 0.309. The van der Waals surface area contributed by atoms with Gasteiger partial charge in [0.2, 0.25) is 0 Å². The van der Waals surface area contributed by atoms with Gasteiger partial charge in [0.15, 0.2) is 0 Å². The second kappa shape index (κ2) is 4.14. The van der Waals surface area contributed by atoms with E-state index in [0.717, 1.165) is 0 Å². The molecule has 0 rings (SSSR count). The van der Waals surface area contributed by atoms with Gasteiger partial charge in [0, 0.05) is 11.8 Å². The van der Waals surface area contributed by atoms with Gasteiger partial charge >= 0.3 is 6.09 Å². The molecule has 0 saturated carbocycles.